The van der Waals surface area contributed by atoms with Crippen LogP contribution >= 0.6 is 0 Å². The Balaban J connectivity index is 2.85. The highest BCUT2D eigenvalue weighted by molar-refractivity contribution is 7.09. The van der Waals surface area contributed by atoms with Crippen LogP contribution in [0.5, 0.6) is 0 Å². The lowest BCUT2D eigenvalue weighted by Gasteiger charge is -2.44. The van der Waals surface area contributed by atoms with Gasteiger partial charge in [-0.25, -0.2) is 0 Å². The molecular weight excluding hydrogens is 360 g/mol. The molecule has 28 heavy (non-hydrogen) atoms. The predicted molar refractivity (Wildman–Crippen MR) is 121 cm³/mol. The van der Waals surface area contributed by atoms with Crippen molar-refractivity contribution in [3.05, 3.63) is 77.2 Å². The number of benzene rings is 2. The summed E-state index contributed by atoms with van der Waals surface area (Å²) in [5, 5.41) is 4.00. The third-order valence-electron chi connectivity index (χ3n) is 5.44. The summed E-state index contributed by atoms with van der Waals surface area (Å²) >= 11 is 0. The molecule has 2 nitrogen and oxygen atoms in total. The Hall–Kier alpha value is -2.35. The van der Waals surface area contributed by atoms with E-state index in [-0.39, 0.29) is 17.1 Å². The molecule has 0 aromatic heterocycles. The first-order chi connectivity index (χ1) is 13.1. The summed E-state index contributed by atoms with van der Waals surface area (Å²) in [5.74, 6) is -0.267. The topological polar surface area (TPSA) is 26.3 Å². The van der Waals surface area contributed by atoms with E-state index in [2.05, 4.69) is 94.1 Å². The van der Waals surface area contributed by atoms with Gasteiger partial charge in [0, 0.05) is 12.5 Å². The molecule has 0 aliphatic carbocycles. The van der Waals surface area contributed by atoms with Crippen molar-refractivity contribution in [2.45, 2.75) is 59.6 Å². The molecule has 1 atom stereocenters. The Labute approximate surface area is 171 Å². The molecule has 0 heterocycles. The molecule has 2 aromatic rings. The van der Waals surface area contributed by atoms with Crippen LogP contribution in [0.15, 0.2) is 77.2 Å². The van der Waals surface area contributed by atoms with Gasteiger partial charge in [-0.2, -0.15) is 0 Å². The molecule has 0 amide bonds. The van der Waals surface area contributed by atoms with Gasteiger partial charge in [0.25, 0.3) is 0 Å². The lowest BCUT2D eigenvalue weighted by Crippen LogP contribution is -2.65. The van der Waals surface area contributed by atoms with Crippen molar-refractivity contribution in [3.8, 4) is 0 Å². The third kappa shape index (κ3) is 4.38. The normalized spacial score (nSPS) is 12.7. The summed E-state index contributed by atoms with van der Waals surface area (Å²) in [5.41, 5.74) is 4.59. The minimum Gasteiger partial charge on any atom is -0.458 e. The van der Waals surface area contributed by atoms with Crippen LogP contribution in [-0.4, -0.2) is 20.1 Å². The van der Waals surface area contributed by atoms with Crippen LogP contribution in [0.4, 0.5) is 0 Å². The highest BCUT2D eigenvalue weighted by atomic mass is 28.3. The second kappa shape index (κ2) is 8.77. The van der Waals surface area contributed by atoms with Crippen molar-refractivity contribution in [3.63, 3.8) is 0 Å². The van der Waals surface area contributed by atoms with Crippen LogP contribution in [0.3, 0.4) is 0 Å². The summed E-state index contributed by atoms with van der Waals surface area (Å²) in [6.07, 6.45) is -0.286. The molecule has 2 rings (SSSR count). The molecule has 3 heteroatoms. The Bertz CT molecular complexity index is 830. The van der Waals surface area contributed by atoms with Crippen molar-refractivity contribution in [2.75, 3.05) is 0 Å². The molecule has 0 bridgehead atoms. The van der Waals surface area contributed by atoms with Gasteiger partial charge in [-0.3, -0.25) is 4.79 Å². The third-order valence-corrected chi connectivity index (χ3v) is 11.3. The predicted octanol–water partition coefficient (Wildman–Crippen LogP) is 5.03. The molecule has 0 saturated heterocycles. The number of rotatable bonds is 5. The number of ether oxygens (including phenoxy) is 1. The molecule has 2 aromatic carbocycles. The zero-order chi connectivity index (χ0) is 20.9. The standard InChI is InChI=1S/C25H32O2Si/c1-19(21(3)27-22(4)26)18-20(2)28(25(5,6)7,23-14-10-8-11-15-23)24-16-12-9-13-17-24/h8-17,21H,1-7H3. The van der Waals surface area contributed by atoms with Gasteiger partial charge in [-0.05, 0) is 41.4 Å². The lowest BCUT2D eigenvalue weighted by atomic mass is 10.2. The summed E-state index contributed by atoms with van der Waals surface area (Å²) in [6.45, 7) is 14.5. The van der Waals surface area contributed by atoms with Gasteiger partial charge in [0.1, 0.15) is 6.10 Å². The highest BCUT2D eigenvalue weighted by Gasteiger charge is 2.49. The first-order valence-electron chi connectivity index (χ1n) is 9.83. The van der Waals surface area contributed by atoms with Crippen LogP contribution in [0.1, 0.15) is 48.5 Å². The molecule has 0 aliphatic heterocycles. The van der Waals surface area contributed by atoms with Crippen molar-refractivity contribution in [1.29, 1.82) is 0 Å². The molecule has 1 unspecified atom stereocenters. The van der Waals surface area contributed by atoms with Crippen LogP contribution in [0.2, 0.25) is 5.04 Å². The Morgan fingerprint density at radius 3 is 1.68 bits per heavy atom. The van der Waals surface area contributed by atoms with Crippen LogP contribution in [-0.2, 0) is 9.53 Å². The smallest absolute Gasteiger partial charge is 0.303 e. The fraction of sp³-hybridized carbons (Fsp3) is 0.360. The molecular formula is C25H32O2Si. The van der Waals surface area contributed by atoms with Gasteiger partial charge in [0.15, 0.2) is 8.07 Å². The quantitative estimate of drug-likeness (QED) is 0.405. The average Bonchev–Trinajstić information content (AvgIpc) is 2.62. The van der Waals surface area contributed by atoms with Crippen molar-refractivity contribution in [1.82, 2.24) is 0 Å². The van der Waals surface area contributed by atoms with E-state index in [9.17, 15) is 4.79 Å². The molecule has 0 radical (unpaired) electrons. The van der Waals surface area contributed by atoms with E-state index >= 15 is 0 Å². The van der Waals surface area contributed by atoms with Crippen LogP contribution in [0, 0.1) is 0 Å². The van der Waals surface area contributed by atoms with Gasteiger partial charge in [0.05, 0.1) is 0 Å². The fourth-order valence-corrected chi connectivity index (χ4v) is 10.1. The fourth-order valence-electron chi connectivity index (χ4n) is 4.23. The molecule has 0 N–H and O–H groups in total. The molecule has 148 valence electrons. The minimum atomic E-state index is -2.36. The van der Waals surface area contributed by atoms with Crippen molar-refractivity contribution < 1.29 is 9.53 Å². The van der Waals surface area contributed by atoms with E-state index in [0.717, 1.165) is 5.57 Å². The highest BCUT2D eigenvalue weighted by Crippen LogP contribution is 2.40. The second-order valence-electron chi connectivity index (χ2n) is 8.42. The zero-order valence-corrected chi connectivity index (χ0v) is 19.2. The number of hydrogen-bond acceptors (Lipinski definition) is 2. The van der Waals surface area contributed by atoms with Gasteiger partial charge >= 0.3 is 5.97 Å². The number of carbonyl (C=O) groups excluding carboxylic acids is 1. The van der Waals surface area contributed by atoms with Crippen molar-refractivity contribution in [2.24, 2.45) is 0 Å². The summed E-state index contributed by atoms with van der Waals surface area (Å²) in [4.78, 5) is 11.4. The maximum atomic E-state index is 11.4. The Kier molecular flexibility index (Phi) is 6.87. The summed E-state index contributed by atoms with van der Waals surface area (Å²) in [6, 6.07) is 21.6. The van der Waals surface area contributed by atoms with Crippen molar-refractivity contribution >= 4 is 24.4 Å². The second-order valence-corrected chi connectivity index (χ2v) is 13.3. The number of esters is 1. The molecule has 0 fully saturated rings. The SMILES string of the molecule is CC(=O)OC(C)C(C)=C=C(C)[Si](c1ccccc1)(c1ccccc1)C(C)(C)C. The molecule has 0 aliphatic rings. The van der Waals surface area contributed by atoms with Crippen LogP contribution < -0.4 is 10.4 Å². The molecule has 0 spiro atoms. The van der Waals surface area contributed by atoms with E-state index in [1.807, 2.05) is 13.8 Å². The largest absolute Gasteiger partial charge is 0.458 e. The van der Waals surface area contributed by atoms with Gasteiger partial charge in [0.2, 0.25) is 0 Å². The monoisotopic (exact) mass is 392 g/mol. The first kappa shape index (κ1) is 21.9. The summed E-state index contributed by atoms with van der Waals surface area (Å²) in [7, 11) is -2.36. The van der Waals surface area contributed by atoms with Gasteiger partial charge < -0.3 is 4.74 Å². The van der Waals surface area contributed by atoms with E-state index in [1.54, 1.807) is 0 Å². The lowest BCUT2D eigenvalue weighted by molar-refractivity contribution is -0.143. The number of carbonyl (C=O) groups is 1. The first-order valence-corrected chi connectivity index (χ1v) is 11.8. The Morgan fingerprint density at radius 1 is 0.893 bits per heavy atom. The summed E-state index contributed by atoms with van der Waals surface area (Å²) < 4.78 is 5.39. The average molecular weight is 393 g/mol. The van der Waals surface area contributed by atoms with E-state index in [1.165, 1.54) is 22.5 Å². The number of hydrogen-bond donors (Lipinski definition) is 0. The van der Waals surface area contributed by atoms with E-state index < -0.39 is 8.07 Å². The van der Waals surface area contributed by atoms with Crippen LogP contribution in [0.25, 0.3) is 0 Å². The van der Waals surface area contributed by atoms with Gasteiger partial charge in [-0.1, -0.05) is 81.4 Å². The maximum Gasteiger partial charge on any atom is 0.303 e. The minimum absolute atomic E-state index is 0.0255. The van der Waals surface area contributed by atoms with Gasteiger partial charge in [-0.15, -0.1) is 5.73 Å². The zero-order valence-electron chi connectivity index (χ0n) is 18.2. The maximum absolute atomic E-state index is 11.4. The Morgan fingerprint density at radius 2 is 1.32 bits per heavy atom. The van der Waals surface area contributed by atoms with E-state index in [4.69, 9.17) is 4.74 Å². The van der Waals surface area contributed by atoms with E-state index in [0.29, 0.717) is 0 Å². The molecule has 0 saturated carbocycles.